The number of hydrogen-bond donors (Lipinski definition) is 1. The Labute approximate surface area is 131 Å². The van der Waals surface area contributed by atoms with Crippen LogP contribution in [0.25, 0.3) is 0 Å². The van der Waals surface area contributed by atoms with Crippen LogP contribution in [-0.2, 0) is 11.3 Å². The minimum Gasteiger partial charge on any atom is -0.377 e. The number of aromatic nitrogens is 5. The van der Waals surface area contributed by atoms with Crippen molar-refractivity contribution in [3.05, 3.63) is 28.6 Å². The average molecular weight is 353 g/mol. The van der Waals surface area contributed by atoms with Crippen LogP contribution < -0.4 is 4.90 Å². The summed E-state index contributed by atoms with van der Waals surface area (Å²) < 4.78 is 5.98. The van der Waals surface area contributed by atoms with Gasteiger partial charge >= 0.3 is 0 Å². The Balaban J connectivity index is 1.89. The molecule has 1 aliphatic rings. The zero-order valence-corrected chi connectivity index (χ0v) is 13.4. The number of nitrogens with one attached hydrogen (secondary N) is 1. The van der Waals surface area contributed by atoms with E-state index in [1.165, 1.54) is 0 Å². The van der Waals surface area contributed by atoms with Gasteiger partial charge in [0.1, 0.15) is 18.8 Å². The number of ether oxygens (including phenoxy) is 1. The number of anilines is 1. The van der Waals surface area contributed by atoms with Gasteiger partial charge in [0.25, 0.3) is 0 Å². The number of H-pyrrole nitrogens is 1. The van der Waals surface area contributed by atoms with Crippen molar-refractivity contribution < 1.29 is 4.74 Å². The average Bonchev–Trinajstić information content (AvgIpc) is 2.97. The number of aromatic amines is 1. The summed E-state index contributed by atoms with van der Waals surface area (Å²) in [6, 6.07) is 0.131. The highest BCUT2D eigenvalue weighted by Crippen LogP contribution is 2.35. The molecule has 2 aromatic heterocycles. The van der Waals surface area contributed by atoms with Crippen molar-refractivity contribution in [1.29, 1.82) is 0 Å². The number of rotatable bonds is 4. The van der Waals surface area contributed by atoms with Crippen LogP contribution in [0.4, 0.5) is 5.82 Å². The first kappa shape index (κ1) is 14.4. The van der Waals surface area contributed by atoms with Crippen LogP contribution >= 0.6 is 15.9 Å². The maximum atomic E-state index is 5.08. The van der Waals surface area contributed by atoms with Gasteiger partial charge in [-0.05, 0) is 35.2 Å². The highest BCUT2D eigenvalue weighted by Gasteiger charge is 2.29. The normalized spacial score (nSPS) is 19.0. The summed E-state index contributed by atoms with van der Waals surface area (Å²) in [5.41, 5.74) is 0. The summed E-state index contributed by atoms with van der Waals surface area (Å²) in [7, 11) is 1.65. The van der Waals surface area contributed by atoms with E-state index in [-0.39, 0.29) is 6.04 Å². The third kappa shape index (κ3) is 3.06. The molecule has 7 nitrogen and oxygen atoms in total. The van der Waals surface area contributed by atoms with E-state index < -0.39 is 0 Å². The molecule has 2 aromatic rings. The summed E-state index contributed by atoms with van der Waals surface area (Å²) in [6.07, 6.45) is 6.66. The van der Waals surface area contributed by atoms with Gasteiger partial charge in [-0.3, -0.25) is 5.10 Å². The molecule has 0 radical (unpaired) electrons. The number of piperidine rings is 1. The third-order valence-corrected chi connectivity index (χ3v) is 4.11. The Morgan fingerprint density at radius 2 is 2.38 bits per heavy atom. The van der Waals surface area contributed by atoms with Gasteiger partial charge in [0.15, 0.2) is 11.6 Å². The molecule has 21 heavy (non-hydrogen) atoms. The van der Waals surface area contributed by atoms with E-state index in [9.17, 15) is 0 Å². The van der Waals surface area contributed by atoms with Gasteiger partial charge in [-0.15, -0.1) is 0 Å². The van der Waals surface area contributed by atoms with Crippen LogP contribution in [-0.4, -0.2) is 38.8 Å². The maximum absolute atomic E-state index is 5.08. The maximum Gasteiger partial charge on any atom is 0.173 e. The van der Waals surface area contributed by atoms with Crippen LogP contribution in [0.1, 0.15) is 37.0 Å². The van der Waals surface area contributed by atoms with Crippen LogP contribution in [0.2, 0.25) is 0 Å². The Hall–Kier alpha value is -1.54. The second kappa shape index (κ2) is 6.48. The highest BCUT2D eigenvalue weighted by atomic mass is 79.9. The molecule has 0 aliphatic carbocycles. The van der Waals surface area contributed by atoms with E-state index in [1.54, 1.807) is 19.6 Å². The minimum absolute atomic E-state index is 0.131. The number of nitrogens with zero attached hydrogens (tertiary/aromatic N) is 5. The van der Waals surface area contributed by atoms with Gasteiger partial charge in [0.05, 0.1) is 10.5 Å². The number of halogens is 1. The molecule has 1 atom stereocenters. The van der Waals surface area contributed by atoms with Crippen molar-refractivity contribution in [2.75, 3.05) is 18.6 Å². The number of methoxy groups -OCH3 is 1. The van der Waals surface area contributed by atoms with E-state index in [4.69, 9.17) is 4.74 Å². The van der Waals surface area contributed by atoms with Gasteiger partial charge in [-0.2, -0.15) is 5.10 Å². The lowest BCUT2D eigenvalue weighted by molar-refractivity contribution is 0.178. The Morgan fingerprint density at radius 1 is 1.48 bits per heavy atom. The topological polar surface area (TPSA) is 79.8 Å². The summed E-state index contributed by atoms with van der Waals surface area (Å²) >= 11 is 3.53. The Morgan fingerprint density at radius 3 is 3.19 bits per heavy atom. The van der Waals surface area contributed by atoms with Gasteiger partial charge in [0.2, 0.25) is 0 Å². The zero-order chi connectivity index (χ0) is 14.7. The lowest BCUT2D eigenvalue weighted by atomic mass is 10.0. The molecular weight excluding hydrogens is 336 g/mol. The molecule has 1 aliphatic heterocycles. The molecule has 8 heteroatoms. The van der Waals surface area contributed by atoms with Gasteiger partial charge in [-0.1, -0.05) is 0 Å². The van der Waals surface area contributed by atoms with Gasteiger partial charge in [-0.25, -0.2) is 15.0 Å². The van der Waals surface area contributed by atoms with Crippen molar-refractivity contribution in [3.8, 4) is 0 Å². The van der Waals surface area contributed by atoms with Crippen molar-refractivity contribution in [2.24, 2.45) is 0 Å². The lowest BCUT2D eigenvalue weighted by Crippen LogP contribution is -2.35. The van der Waals surface area contributed by atoms with Crippen LogP contribution in [0, 0.1) is 0 Å². The van der Waals surface area contributed by atoms with E-state index >= 15 is 0 Å². The second-order valence-corrected chi connectivity index (χ2v) is 5.83. The molecule has 3 rings (SSSR count). The molecule has 0 saturated carbocycles. The molecule has 0 amide bonds. The van der Waals surface area contributed by atoms with Gasteiger partial charge in [0, 0.05) is 19.9 Å². The van der Waals surface area contributed by atoms with Crippen molar-refractivity contribution in [1.82, 2.24) is 25.1 Å². The predicted molar refractivity (Wildman–Crippen MR) is 80.8 cm³/mol. The molecule has 1 saturated heterocycles. The van der Waals surface area contributed by atoms with E-state index in [1.807, 2.05) is 0 Å². The van der Waals surface area contributed by atoms with Crippen molar-refractivity contribution in [2.45, 2.75) is 31.9 Å². The SMILES string of the molecule is COCc1nc([C@H]2CCCCN2c2ncncc2Br)n[nH]1. The molecule has 0 bridgehead atoms. The summed E-state index contributed by atoms with van der Waals surface area (Å²) in [5.74, 6) is 2.44. The standard InChI is InChI=1S/C13H17BrN6O/c1-21-7-11-17-12(19-18-11)10-4-2-3-5-20(10)13-9(14)6-15-8-16-13/h6,8,10H,2-5,7H2,1H3,(H,17,18,19)/t10-/m1/s1. The van der Waals surface area contributed by atoms with Gasteiger partial charge < -0.3 is 9.64 Å². The smallest absolute Gasteiger partial charge is 0.173 e. The molecule has 112 valence electrons. The van der Waals surface area contributed by atoms with Crippen LogP contribution in [0.3, 0.4) is 0 Å². The summed E-state index contributed by atoms with van der Waals surface area (Å²) in [6.45, 7) is 1.38. The summed E-state index contributed by atoms with van der Waals surface area (Å²) in [4.78, 5) is 15.2. The fourth-order valence-electron chi connectivity index (χ4n) is 2.63. The molecule has 0 aromatic carbocycles. The van der Waals surface area contributed by atoms with E-state index in [0.29, 0.717) is 6.61 Å². The van der Waals surface area contributed by atoms with Crippen molar-refractivity contribution in [3.63, 3.8) is 0 Å². The van der Waals surface area contributed by atoms with Crippen molar-refractivity contribution >= 4 is 21.7 Å². The first-order chi connectivity index (χ1) is 10.3. The lowest BCUT2D eigenvalue weighted by Gasteiger charge is -2.35. The first-order valence-electron chi connectivity index (χ1n) is 6.92. The Kier molecular flexibility index (Phi) is 4.45. The fourth-order valence-corrected chi connectivity index (χ4v) is 3.08. The van der Waals surface area contributed by atoms with E-state index in [0.717, 1.165) is 47.7 Å². The minimum atomic E-state index is 0.131. The molecule has 3 heterocycles. The zero-order valence-electron chi connectivity index (χ0n) is 11.8. The highest BCUT2D eigenvalue weighted by molar-refractivity contribution is 9.10. The third-order valence-electron chi connectivity index (χ3n) is 3.55. The Bertz CT molecular complexity index is 604. The molecule has 1 N–H and O–H groups in total. The largest absolute Gasteiger partial charge is 0.377 e. The first-order valence-corrected chi connectivity index (χ1v) is 7.71. The van der Waals surface area contributed by atoms with Crippen LogP contribution in [0.5, 0.6) is 0 Å². The predicted octanol–water partition coefficient (Wildman–Crippen LogP) is 2.24. The van der Waals surface area contributed by atoms with Crippen LogP contribution in [0.15, 0.2) is 17.0 Å². The monoisotopic (exact) mass is 352 g/mol. The molecule has 0 spiro atoms. The number of hydrogen-bond acceptors (Lipinski definition) is 6. The summed E-state index contributed by atoms with van der Waals surface area (Å²) in [5, 5.41) is 7.28. The second-order valence-electron chi connectivity index (χ2n) is 4.97. The molecule has 0 unspecified atom stereocenters. The quantitative estimate of drug-likeness (QED) is 0.908. The molecular formula is C13H17BrN6O. The molecule has 1 fully saturated rings. The fraction of sp³-hybridized carbons (Fsp3) is 0.538. The van der Waals surface area contributed by atoms with E-state index in [2.05, 4.69) is 46.0 Å².